The Balaban J connectivity index is 2.79. The summed E-state index contributed by atoms with van der Waals surface area (Å²) in [4.78, 5) is 0. The lowest BCUT2D eigenvalue weighted by Crippen LogP contribution is -2.58. The van der Waals surface area contributed by atoms with Crippen LogP contribution in [-0.4, -0.2) is 62.8 Å². The van der Waals surface area contributed by atoms with Crippen LogP contribution in [0.25, 0.3) is 0 Å². The Morgan fingerprint density at radius 3 is 2.17 bits per heavy atom. The monoisotopic (exact) mass is 181 g/mol. The highest BCUT2D eigenvalue weighted by Crippen LogP contribution is 2.18. The molecule has 12 heavy (non-hydrogen) atoms. The molecule has 0 saturated carbocycles. The molecule has 72 valence electrons. The average Bonchev–Trinajstić information content (AvgIpc) is 2.08. The number of hydrogen-bond acceptors (Lipinski definition) is 6. The molecule has 1 saturated heterocycles. The van der Waals surface area contributed by atoms with Gasteiger partial charge in [-0.05, 0) is 0 Å². The van der Waals surface area contributed by atoms with E-state index in [2.05, 4.69) is 4.74 Å². The highest BCUT2D eigenvalue weighted by atomic mass is 16.6. The molecule has 0 aromatic rings. The van der Waals surface area contributed by atoms with Crippen molar-refractivity contribution in [1.29, 1.82) is 0 Å². The van der Waals surface area contributed by atoms with Gasteiger partial charge in [0.05, 0.1) is 7.98 Å². The third-order valence-electron chi connectivity index (χ3n) is 1.76. The van der Waals surface area contributed by atoms with Gasteiger partial charge in [0.2, 0.25) is 0 Å². The highest BCUT2D eigenvalue weighted by molar-refractivity contribution is 4.87. The van der Waals surface area contributed by atoms with Gasteiger partial charge in [-0.25, -0.2) is 0 Å². The van der Waals surface area contributed by atoms with E-state index in [1.165, 1.54) is 0 Å². The molecular formula is C6H12O6. The van der Waals surface area contributed by atoms with E-state index < -0.39 is 37.3 Å². The summed E-state index contributed by atoms with van der Waals surface area (Å²) in [5.41, 5.74) is 0. The third-order valence-corrected chi connectivity index (χ3v) is 1.76. The van der Waals surface area contributed by atoms with Crippen molar-refractivity contribution in [3.8, 4) is 0 Å². The molecule has 1 aliphatic rings. The van der Waals surface area contributed by atoms with Gasteiger partial charge in [0.25, 0.3) is 0 Å². The summed E-state index contributed by atoms with van der Waals surface area (Å²) in [6, 6.07) is 0. The van der Waals surface area contributed by atoms with E-state index in [9.17, 15) is 0 Å². The SMILES string of the molecule is [2H][C@@]1(O)O[C@@H](CO)[C@H](O)[C@@H](O)[C@@H]1O. The van der Waals surface area contributed by atoms with E-state index in [-0.39, 0.29) is 0 Å². The molecule has 1 fully saturated rings. The van der Waals surface area contributed by atoms with Crippen LogP contribution in [0.15, 0.2) is 0 Å². The molecule has 0 spiro atoms. The van der Waals surface area contributed by atoms with Gasteiger partial charge in [-0.3, -0.25) is 0 Å². The lowest BCUT2D eigenvalue weighted by atomic mass is 10.00. The summed E-state index contributed by atoms with van der Waals surface area (Å²) < 4.78 is 11.4. The number of ether oxygens (including phenoxy) is 1. The second-order valence-corrected chi connectivity index (χ2v) is 2.60. The quantitative estimate of drug-likeness (QED) is 0.291. The van der Waals surface area contributed by atoms with Gasteiger partial charge in [0.15, 0.2) is 6.27 Å². The van der Waals surface area contributed by atoms with E-state index in [4.69, 9.17) is 26.9 Å². The van der Waals surface area contributed by atoms with Crippen molar-refractivity contribution in [1.82, 2.24) is 0 Å². The zero-order valence-corrected chi connectivity index (χ0v) is 6.16. The molecule has 1 aliphatic heterocycles. The van der Waals surface area contributed by atoms with Crippen LogP contribution in [0.4, 0.5) is 0 Å². The molecule has 0 amide bonds. The van der Waals surface area contributed by atoms with Crippen LogP contribution in [0.2, 0.25) is 0 Å². The molecule has 1 rings (SSSR count). The van der Waals surface area contributed by atoms with Gasteiger partial charge >= 0.3 is 0 Å². The number of aliphatic hydroxyl groups is 5. The zero-order valence-electron chi connectivity index (χ0n) is 7.16. The minimum Gasteiger partial charge on any atom is -0.394 e. The first-order valence-corrected chi connectivity index (χ1v) is 3.45. The minimum absolute atomic E-state index is 0.661. The first kappa shape index (κ1) is 8.36. The molecule has 5 atom stereocenters. The summed E-state index contributed by atoms with van der Waals surface area (Å²) >= 11 is 0. The van der Waals surface area contributed by atoms with Crippen molar-refractivity contribution in [2.24, 2.45) is 0 Å². The van der Waals surface area contributed by atoms with E-state index >= 15 is 0 Å². The summed E-state index contributed by atoms with van der Waals surface area (Å²) in [5, 5.41) is 45.0. The topological polar surface area (TPSA) is 110 Å². The van der Waals surface area contributed by atoms with E-state index in [0.29, 0.717) is 0 Å². The fourth-order valence-electron chi connectivity index (χ4n) is 0.993. The molecule has 0 unspecified atom stereocenters. The first-order valence-electron chi connectivity index (χ1n) is 3.95. The lowest BCUT2D eigenvalue weighted by molar-refractivity contribution is -0.286. The average molecular weight is 181 g/mol. The van der Waals surface area contributed by atoms with Gasteiger partial charge in [-0.15, -0.1) is 0 Å². The predicted octanol–water partition coefficient (Wildman–Crippen LogP) is -3.22. The van der Waals surface area contributed by atoms with Gasteiger partial charge in [-0.1, -0.05) is 0 Å². The van der Waals surface area contributed by atoms with Crippen molar-refractivity contribution < 1.29 is 31.6 Å². The maximum absolute atomic E-state index is 9.15. The Hall–Kier alpha value is -0.240. The predicted molar refractivity (Wildman–Crippen MR) is 36.0 cm³/mol. The van der Waals surface area contributed by atoms with Crippen molar-refractivity contribution >= 4 is 0 Å². The van der Waals surface area contributed by atoms with E-state index in [1.54, 1.807) is 0 Å². The van der Waals surface area contributed by atoms with Crippen molar-refractivity contribution in [3.63, 3.8) is 0 Å². The third kappa shape index (κ3) is 1.58. The molecule has 6 nitrogen and oxygen atoms in total. The molecule has 0 aliphatic carbocycles. The Kier molecular flexibility index (Phi) is 2.54. The van der Waals surface area contributed by atoms with Crippen LogP contribution in [0.3, 0.4) is 0 Å². The Labute approximate surface area is 70.0 Å². The molecule has 0 aromatic carbocycles. The molecular weight excluding hydrogens is 168 g/mol. The summed E-state index contributed by atoms with van der Waals surface area (Å²) in [6.45, 7) is -0.661. The van der Waals surface area contributed by atoms with Gasteiger partial charge in [-0.2, -0.15) is 0 Å². The van der Waals surface area contributed by atoms with Gasteiger partial charge < -0.3 is 30.3 Å². The molecule has 6 heteroatoms. The number of rotatable bonds is 1. The van der Waals surface area contributed by atoms with Crippen molar-refractivity contribution in [2.75, 3.05) is 6.61 Å². The Morgan fingerprint density at radius 2 is 1.67 bits per heavy atom. The fourth-order valence-corrected chi connectivity index (χ4v) is 0.993. The van der Waals surface area contributed by atoms with Crippen molar-refractivity contribution in [3.05, 3.63) is 0 Å². The van der Waals surface area contributed by atoms with Crippen LogP contribution < -0.4 is 0 Å². The largest absolute Gasteiger partial charge is 0.394 e. The maximum Gasteiger partial charge on any atom is 0.184 e. The van der Waals surface area contributed by atoms with Crippen molar-refractivity contribution in [2.45, 2.75) is 30.7 Å². The maximum atomic E-state index is 9.15. The Morgan fingerprint density at radius 1 is 1.08 bits per heavy atom. The number of hydrogen-bond donors (Lipinski definition) is 5. The number of aliphatic hydroxyl groups excluding tert-OH is 4. The van der Waals surface area contributed by atoms with E-state index in [1.807, 2.05) is 0 Å². The lowest BCUT2D eigenvalue weighted by Gasteiger charge is -2.37. The Bertz CT molecular complexity index is 184. The van der Waals surface area contributed by atoms with E-state index in [0.717, 1.165) is 0 Å². The zero-order chi connectivity index (χ0) is 10.2. The second-order valence-electron chi connectivity index (χ2n) is 2.60. The molecule has 5 N–H and O–H groups in total. The molecule has 0 aromatic heterocycles. The first-order chi connectivity index (χ1) is 5.90. The molecule has 1 heterocycles. The minimum atomic E-state index is -2.70. The smallest absolute Gasteiger partial charge is 0.184 e. The van der Waals surface area contributed by atoms with Crippen LogP contribution in [0, 0.1) is 0 Å². The van der Waals surface area contributed by atoms with Crippen LogP contribution >= 0.6 is 0 Å². The van der Waals surface area contributed by atoms with Gasteiger partial charge in [0, 0.05) is 0 Å². The second kappa shape index (κ2) is 3.65. The summed E-state index contributed by atoms with van der Waals surface area (Å²) in [7, 11) is 0. The molecule has 0 bridgehead atoms. The van der Waals surface area contributed by atoms with Gasteiger partial charge in [0.1, 0.15) is 24.4 Å². The standard InChI is InChI=1S/C6H12O6/c7-1-2-3(8)4(9)5(10)6(11)12-2/h2-11H,1H2/t2-,3-,4+,5-,6+/m0/s1/i6D. The fraction of sp³-hybridized carbons (Fsp3) is 1.00. The highest BCUT2D eigenvalue weighted by Gasteiger charge is 2.42. The summed E-state index contributed by atoms with van der Waals surface area (Å²) in [6.07, 6.45) is -9.14. The van der Waals surface area contributed by atoms with Crippen LogP contribution in [0.1, 0.15) is 1.37 Å². The normalized spacial score (nSPS) is 56.6. The van der Waals surface area contributed by atoms with Crippen LogP contribution in [0.5, 0.6) is 0 Å². The molecule has 0 radical (unpaired) electrons. The summed E-state index contributed by atoms with van der Waals surface area (Å²) in [5.74, 6) is 0. The van der Waals surface area contributed by atoms with Crippen LogP contribution in [-0.2, 0) is 4.74 Å².